The molecule has 0 amide bonds. The molecule has 0 saturated heterocycles. The van der Waals surface area contributed by atoms with Crippen LogP contribution >= 0.6 is 0 Å². The Bertz CT molecular complexity index is 569. The van der Waals surface area contributed by atoms with Crippen LogP contribution in [0.3, 0.4) is 0 Å². The van der Waals surface area contributed by atoms with Gasteiger partial charge in [0.15, 0.2) is 0 Å². The highest BCUT2D eigenvalue weighted by Gasteiger charge is 2.04. The normalized spacial score (nSPS) is 10.5. The van der Waals surface area contributed by atoms with Gasteiger partial charge in [-0.25, -0.2) is 4.79 Å². The summed E-state index contributed by atoms with van der Waals surface area (Å²) in [4.78, 5) is 28.1. The third-order valence-corrected chi connectivity index (χ3v) is 1.68. The largest absolute Gasteiger partial charge is 0.421 e. The number of aromatic amines is 1. The Morgan fingerprint density at radius 2 is 2.23 bits per heavy atom. The minimum Gasteiger partial charge on any atom is -0.421 e. The molecule has 2 aromatic heterocycles. The molecule has 2 rings (SSSR count). The quantitative estimate of drug-likeness (QED) is 0.524. The first kappa shape index (κ1) is 7.53. The van der Waals surface area contributed by atoms with Crippen LogP contribution in [0.15, 0.2) is 28.0 Å². The predicted octanol–water partition coefficient (Wildman–Crippen LogP) is -0.678. The molecule has 0 bridgehead atoms. The Hall–Kier alpha value is -2.11. The van der Waals surface area contributed by atoms with Crippen LogP contribution < -0.4 is 11.2 Å². The topological polar surface area (TPSA) is 88.0 Å². The maximum atomic E-state index is 11.2. The van der Waals surface area contributed by atoms with E-state index in [4.69, 9.17) is 5.21 Å². The number of rotatable bonds is 0. The van der Waals surface area contributed by atoms with Crippen molar-refractivity contribution < 1.29 is 5.21 Å². The van der Waals surface area contributed by atoms with Gasteiger partial charge in [-0.05, 0) is 6.07 Å². The fourth-order valence-corrected chi connectivity index (χ4v) is 1.06. The molecule has 0 aromatic carbocycles. The van der Waals surface area contributed by atoms with E-state index >= 15 is 0 Å². The maximum Gasteiger partial charge on any atom is 0.362 e. The zero-order valence-electron chi connectivity index (χ0n) is 6.39. The number of nitrogens with zero attached hydrogens (tertiary/aromatic N) is 2. The molecule has 6 heteroatoms. The molecule has 2 N–H and O–H groups in total. The second-order valence-electron chi connectivity index (χ2n) is 2.47. The van der Waals surface area contributed by atoms with Crippen LogP contribution in [0.25, 0.3) is 10.9 Å². The van der Waals surface area contributed by atoms with Crippen LogP contribution in [0.1, 0.15) is 0 Å². The van der Waals surface area contributed by atoms with Crippen molar-refractivity contribution in [3.8, 4) is 0 Å². The van der Waals surface area contributed by atoms with Gasteiger partial charge in [-0.1, -0.05) is 4.73 Å². The SMILES string of the molecule is O=c1[nH]c2cnccc2c(=O)n1O. The lowest BCUT2D eigenvalue weighted by Crippen LogP contribution is -2.33. The smallest absolute Gasteiger partial charge is 0.362 e. The third-order valence-electron chi connectivity index (χ3n) is 1.68. The van der Waals surface area contributed by atoms with Crippen molar-refractivity contribution in [2.45, 2.75) is 0 Å². The Balaban J connectivity index is 3.12. The van der Waals surface area contributed by atoms with E-state index in [2.05, 4.69) is 9.97 Å². The third kappa shape index (κ3) is 0.994. The Labute approximate surface area is 71.1 Å². The average molecular weight is 179 g/mol. The van der Waals surface area contributed by atoms with E-state index in [0.717, 1.165) is 0 Å². The van der Waals surface area contributed by atoms with Gasteiger partial charge in [0.05, 0.1) is 17.1 Å². The predicted molar refractivity (Wildman–Crippen MR) is 43.8 cm³/mol. The second-order valence-corrected chi connectivity index (χ2v) is 2.47. The van der Waals surface area contributed by atoms with Crippen molar-refractivity contribution in [3.05, 3.63) is 39.3 Å². The van der Waals surface area contributed by atoms with Crippen LogP contribution in [-0.2, 0) is 0 Å². The molecule has 0 saturated carbocycles. The minimum absolute atomic E-state index is 0.0301. The molecular formula is C7H5N3O3. The van der Waals surface area contributed by atoms with Crippen molar-refractivity contribution in [3.63, 3.8) is 0 Å². The molecule has 6 nitrogen and oxygen atoms in total. The molecule has 66 valence electrons. The van der Waals surface area contributed by atoms with Crippen LogP contribution in [-0.4, -0.2) is 19.9 Å². The van der Waals surface area contributed by atoms with E-state index in [1.54, 1.807) is 0 Å². The molecule has 0 aliphatic carbocycles. The van der Waals surface area contributed by atoms with Crippen LogP contribution in [0.5, 0.6) is 0 Å². The van der Waals surface area contributed by atoms with Gasteiger partial charge in [0.1, 0.15) is 0 Å². The molecule has 0 spiro atoms. The van der Waals surface area contributed by atoms with E-state index in [0.29, 0.717) is 5.52 Å². The summed E-state index contributed by atoms with van der Waals surface area (Å²) in [6, 6.07) is 1.42. The van der Waals surface area contributed by atoms with Crippen LogP contribution in [0.4, 0.5) is 0 Å². The first-order chi connectivity index (χ1) is 6.20. The zero-order chi connectivity index (χ0) is 9.42. The van der Waals surface area contributed by atoms with E-state index < -0.39 is 11.2 Å². The second kappa shape index (κ2) is 2.44. The van der Waals surface area contributed by atoms with Gasteiger partial charge in [-0.15, -0.1) is 0 Å². The average Bonchev–Trinajstić information content (AvgIpc) is 2.15. The van der Waals surface area contributed by atoms with Gasteiger partial charge in [-0.2, -0.15) is 0 Å². The summed E-state index contributed by atoms with van der Waals surface area (Å²) in [7, 11) is 0. The number of H-pyrrole nitrogens is 1. The number of pyridine rings is 1. The highest BCUT2D eigenvalue weighted by atomic mass is 16.5. The van der Waals surface area contributed by atoms with Gasteiger partial charge in [0.2, 0.25) is 0 Å². The lowest BCUT2D eigenvalue weighted by molar-refractivity contribution is 0.162. The van der Waals surface area contributed by atoms with Gasteiger partial charge in [-0.3, -0.25) is 9.78 Å². The molecule has 2 heterocycles. The van der Waals surface area contributed by atoms with E-state index in [-0.39, 0.29) is 10.1 Å². The molecule has 13 heavy (non-hydrogen) atoms. The van der Waals surface area contributed by atoms with Crippen molar-refractivity contribution in [1.82, 2.24) is 14.7 Å². The standard InChI is InChI=1S/C7H5N3O3/c11-6-4-1-2-8-3-5(4)9-7(12)10(6)13/h1-3,13H,(H,9,12). The Morgan fingerprint density at radius 3 is 3.00 bits per heavy atom. The molecule has 0 unspecified atom stereocenters. The molecule has 0 radical (unpaired) electrons. The van der Waals surface area contributed by atoms with Crippen molar-refractivity contribution >= 4 is 10.9 Å². The van der Waals surface area contributed by atoms with E-state index in [1.165, 1.54) is 18.5 Å². The number of fused-ring (bicyclic) bond motifs is 1. The lowest BCUT2D eigenvalue weighted by Gasteiger charge is -1.96. The van der Waals surface area contributed by atoms with Crippen molar-refractivity contribution in [1.29, 1.82) is 0 Å². The summed E-state index contributed by atoms with van der Waals surface area (Å²) in [6.45, 7) is 0. The minimum atomic E-state index is -0.870. The Kier molecular flexibility index (Phi) is 1.42. The summed E-state index contributed by atoms with van der Waals surface area (Å²) < 4.78 is 0.0301. The number of aromatic nitrogens is 3. The fraction of sp³-hybridized carbons (Fsp3) is 0. The van der Waals surface area contributed by atoms with Gasteiger partial charge < -0.3 is 10.2 Å². The lowest BCUT2D eigenvalue weighted by atomic mass is 10.3. The van der Waals surface area contributed by atoms with Gasteiger partial charge >= 0.3 is 5.69 Å². The van der Waals surface area contributed by atoms with Crippen LogP contribution in [0, 0.1) is 0 Å². The maximum absolute atomic E-state index is 11.2. The number of hydrogen-bond acceptors (Lipinski definition) is 4. The first-order valence-corrected chi connectivity index (χ1v) is 3.48. The van der Waals surface area contributed by atoms with Crippen molar-refractivity contribution in [2.75, 3.05) is 0 Å². The highest BCUT2D eigenvalue weighted by Crippen LogP contribution is 1.99. The fourth-order valence-electron chi connectivity index (χ4n) is 1.06. The van der Waals surface area contributed by atoms with Crippen LogP contribution in [0.2, 0.25) is 0 Å². The first-order valence-electron chi connectivity index (χ1n) is 3.48. The monoisotopic (exact) mass is 179 g/mol. The molecule has 2 aromatic rings. The summed E-state index contributed by atoms with van der Waals surface area (Å²) in [6.07, 6.45) is 2.75. The molecular weight excluding hydrogens is 174 g/mol. The number of hydrogen-bond donors (Lipinski definition) is 2. The molecule has 0 aliphatic heterocycles. The van der Waals surface area contributed by atoms with Crippen molar-refractivity contribution in [2.24, 2.45) is 0 Å². The highest BCUT2D eigenvalue weighted by molar-refractivity contribution is 5.75. The van der Waals surface area contributed by atoms with Gasteiger partial charge in [0.25, 0.3) is 5.56 Å². The van der Waals surface area contributed by atoms with E-state index in [1.807, 2.05) is 0 Å². The zero-order valence-corrected chi connectivity index (χ0v) is 6.39. The molecule has 0 atom stereocenters. The summed E-state index contributed by atoms with van der Waals surface area (Å²) in [5, 5.41) is 9.16. The summed E-state index contributed by atoms with van der Waals surface area (Å²) in [5.74, 6) is 0. The summed E-state index contributed by atoms with van der Waals surface area (Å²) in [5.41, 5.74) is -1.31. The summed E-state index contributed by atoms with van der Waals surface area (Å²) >= 11 is 0. The number of nitrogens with one attached hydrogen (secondary N) is 1. The Morgan fingerprint density at radius 1 is 1.46 bits per heavy atom. The van der Waals surface area contributed by atoms with Gasteiger partial charge in [0, 0.05) is 6.20 Å². The molecule has 0 fully saturated rings. The van der Waals surface area contributed by atoms with E-state index in [9.17, 15) is 9.59 Å². The molecule has 0 aliphatic rings.